The first-order valence-electron chi connectivity index (χ1n) is 7.69. The van der Waals surface area contributed by atoms with E-state index in [4.69, 9.17) is 5.26 Å². The quantitative estimate of drug-likeness (QED) is 0.870. The van der Waals surface area contributed by atoms with E-state index in [0.29, 0.717) is 11.1 Å². The van der Waals surface area contributed by atoms with Gasteiger partial charge < -0.3 is 4.90 Å². The average molecular weight is 290 g/mol. The molecule has 110 valence electrons. The lowest BCUT2D eigenvalue weighted by Crippen LogP contribution is -2.76. The Kier molecular flexibility index (Phi) is 3.09. The summed E-state index contributed by atoms with van der Waals surface area (Å²) in [5.74, 6) is 0.983. The van der Waals surface area contributed by atoms with Gasteiger partial charge in [0.05, 0.1) is 11.1 Å². The summed E-state index contributed by atoms with van der Waals surface area (Å²) in [6, 6.07) is 16.6. The molecule has 3 heterocycles. The Hall–Kier alpha value is -2.38. The monoisotopic (exact) mass is 290 g/mol. The Labute approximate surface area is 130 Å². The van der Waals surface area contributed by atoms with Gasteiger partial charge in [0.15, 0.2) is 0 Å². The summed E-state index contributed by atoms with van der Waals surface area (Å²) in [5.41, 5.74) is 2.34. The number of rotatable bonds is 3. The number of hydrogen-bond acceptors (Lipinski definition) is 4. The van der Waals surface area contributed by atoms with E-state index in [1.165, 1.54) is 18.5 Å². The molecule has 2 fully saturated rings. The first-order valence-corrected chi connectivity index (χ1v) is 7.69. The second kappa shape index (κ2) is 5.11. The topological polar surface area (TPSA) is 43.2 Å². The summed E-state index contributed by atoms with van der Waals surface area (Å²) in [5, 5.41) is 8.83. The van der Waals surface area contributed by atoms with Gasteiger partial charge in [0.2, 0.25) is 0 Å². The van der Waals surface area contributed by atoms with Crippen molar-refractivity contribution in [3.05, 3.63) is 59.8 Å². The normalized spacial score (nSPS) is 19.3. The number of pyridine rings is 1. The average Bonchev–Trinajstić information content (AvgIpc) is 2.52. The highest BCUT2D eigenvalue weighted by atomic mass is 15.4. The first kappa shape index (κ1) is 13.3. The maximum Gasteiger partial charge on any atom is 0.128 e. The minimum Gasteiger partial charge on any atom is -0.353 e. The highest BCUT2D eigenvalue weighted by molar-refractivity contribution is 5.47. The maximum atomic E-state index is 8.83. The van der Waals surface area contributed by atoms with Gasteiger partial charge in [-0.05, 0) is 24.1 Å². The van der Waals surface area contributed by atoms with Gasteiger partial charge in [-0.3, -0.25) is 4.90 Å². The molecule has 0 atom stereocenters. The van der Waals surface area contributed by atoms with Crippen molar-refractivity contribution in [1.29, 1.82) is 5.26 Å². The summed E-state index contributed by atoms with van der Waals surface area (Å²) >= 11 is 0. The van der Waals surface area contributed by atoms with Gasteiger partial charge in [-0.15, -0.1) is 0 Å². The zero-order valence-corrected chi connectivity index (χ0v) is 12.4. The van der Waals surface area contributed by atoms with E-state index < -0.39 is 0 Å². The zero-order chi connectivity index (χ0) is 15.0. The number of hydrogen-bond donors (Lipinski definition) is 0. The number of likely N-dealkylation sites (tertiary alicyclic amines) is 1. The van der Waals surface area contributed by atoms with Crippen molar-refractivity contribution in [2.75, 3.05) is 24.5 Å². The van der Waals surface area contributed by atoms with Gasteiger partial charge in [-0.25, -0.2) is 4.98 Å². The third kappa shape index (κ3) is 2.15. The molecule has 0 radical (unpaired) electrons. The molecule has 0 saturated carbocycles. The van der Waals surface area contributed by atoms with E-state index in [-0.39, 0.29) is 0 Å². The van der Waals surface area contributed by atoms with Crippen LogP contribution in [0, 0.1) is 11.3 Å². The molecule has 2 aliphatic rings. The predicted octanol–water partition coefficient (Wildman–Crippen LogP) is 2.42. The molecule has 2 saturated heterocycles. The van der Waals surface area contributed by atoms with Gasteiger partial charge in [-0.1, -0.05) is 30.3 Å². The van der Waals surface area contributed by atoms with E-state index in [1.807, 2.05) is 12.1 Å². The number of benzene rings is 1. The van der Waals surface area contributed by atoms with Crippen LogP contribution in [-0.2, 0) is 6.54 Å². The van der Waals surface area contributed by atoms with Crippen LogP contribution < -0.4 is 4.90 Å². The summed E-state index contributed by atoms with van der Waals surface area (Å²) in [7, 11) is 0. The van der Waals surface area contributed by atoms with Gasteiger partial charge >= 0.3 is 0 Å². The number of nitriles is 1. The SMILES string of the molecule is N#Cc1ccc(N2CC3(CCN3Cc3ccccc3)C2)nc1. The summed E-state index contributed by atoms with van der Waals surface area (Å²) in [6.45, 7) is 4.30. The van der Waals surface area contributed by atoms with Crippen molar-refractivity contribution in [1.82, 2.24) is 9.88 Å². The fourth-order valence-electron chi connectivity index (χ4n) is 3.46. The lowest BCUT2D eigenvalue weighted by Gasteiger charge is -2.63. The smallest absolute Gasteiger partial charge is 0.128 e. The van der Waals surface area contributed by atoms with E-state index >= 15 is 0 Å². The van der Waals surface area contributed by atoms with Crippen molar-refractivity contribution >= 4 is 5.82 Å². The Morgan fingerprint density at radius 1 is 1.14 bits per heavy atom. The number of anilines is 1. The van der Waals surface area contributed by atoms with Gasteiger partial charge in [0.1, 0.15) is 11.9 Å². The minimum atomic E-state index is 0.339. The van der Waals surface area contributed by atoms with Crippen LogP contribution in [0.3, 0.4) is 0 Å². The molecule has 22 heavy (non-hydrogen) atoms. The molecule has 1 spiro atoms. The van der Waals surface area contributed by atoms with Crippen LogP contribution in [0.5, 0.6) is 0 Å². The fourth-order valence-corrected chi connectivity index (χ4v) is 3.46. The molecule has 4 nitrogen and oxygen atoms in total. The van der Waals surface area contributed by atoms with Crippen molar-refractivity contribution in [3.63, 3.8) is 0 Å². The molecule has 4 heteroatoms. The van der Waals surface area contributed by atoms with Crippen LogP contribution in [0.15, 0.2) is 48.7 Å². The largest absolute Gasteiger partial charge is 0.353 e. The highest BCUT2D eigenvalue weighted by Gasteiger charge is 2.53. The van der Waals surface area contributed by atoms with Gasteiger partial charge in [0.25, 0.3) is 0 Å². The van der Waals surface area contributed by atoms with Crippen LogP contribution in [0.1, 0.15) is 17.5 Å². The Morgan fingerprint density at radius 3 is 2.55 bits per heavy atom. The summed E-state index contributed by atoms with van der Waals surface area (Å²) < 4.78 is 0. The van der Waals surface area contributed by atoms with E-state index in [1.54, 1.807) is 6.20 Å². The molecule has 1 aromatic heterocycles. The second-order valence-corrected chi connectivity index (χ2v) is 6.25. The third-order valence-electron chi connectivity index (χ3n) is 4.91. The molecule has 2 aromatic rings. The maximum absolute atomic E-state index is 8.83. The van der Waals surface area contributed by atoms with Crippen LogP contribution in [0.25, 0.3) is 0 Å². The first-order chi connectivity index (χ1) is 10.8. The van der Waals surface area contributed by atoms with Gasteiger partial charge in [0, 0.05) is 32.4 Å². The molecular formula is C18H18N4. The minimum absolute atomic E-state index is 0.339. The standard InChI is InChI=1S/C18H18N4/c19-10-16-6-7-17(20-11-16)21-13-18(14-21)8-9-22(18)12-15-4-2-1-3-5-15/h1-7,11H,8-9,12-14H2. The van der Waals surface area contributed by atoms with Crippen LogP contribution in [-0.4, -0.2) is 35.1 Å². The Morgan fingerprint density at radius 2 is 1.95 bits per heavy atom. The zero-order valence-electron chi connectivity index (χ0n) is 12.4. The highest BCUT2D eigenvalue weighted by Crippen LogP contribution is 2.41. The second-order valence-electron chi connectivity index (χ2n) is 6.25. The molecule has 0 N–H and O–H groups in total. The van der Waals surface area contributed by atoms with Crippen molar-refractivity contribution < 1.29 is 0 Å². The van der Waals surface area contributed by atoms with Crippen LogP contribution in [0.4, 0.5) is 5.82 Å². The predicted molar refractivity (Wildman–Crippen MR) is 85.4 cm³/mol. The Balaban J connectivity index is 1.40. The van der Waals surface area contributed by atoms with Crippen molar-refractivity contribution in [2.45, 2.75) is 18.5 Å². The molecule has 2 aliphatic heterocycles. The van der Waals surface area contributed by atoms with Gasteiger partial charge in [-0.2, -0.15) is 5.26 Å². The third-order valence-corrected chi connectivity index (χ3v) is 4.91. The van der Waals surface area contributed by atoms with Crippen molar-refractivity contribution in [2.24, 2.45) is 0 Å². The lowest BCUT2D eigenvalue weighted by molar-refractivity contribution is -0.0434. The molecule has 1 aromatic carbocycles. The Bertz CT molecular complexity index is 696. The van der Waals surface area contributed by atoms with Crippen LogP contribution in [0.2, 0.25) is 0 Å². The van der Waals surface area contributed by atoms with E-state index in [2.05, 4.69) is 51.2 Å². The molecule has 4 rings (SSSR count). The van der Waals surface area contributed by atoms with E-state index in [0.717, 1.165) is 25.5 Å². The molecular weight excluding hydrogens is 272 g/mol. The lowest BCUT2D eigenvalue weighted by atomic mass is 9.77. The van der Waals surface area contributed by atoms with Crippen molar-refractivity contribution in [3.8, 4) is 6.07 Å². The molecule has 0 unspecified atom stereocenters. The fraction of sp³-hybridized carbons (Fsp3) is 0.333. The summed E-state index contributed by atoms with van der Waals surface area (Å²) in [6.07, 6.45) is 2.93. The summed E-state index contributed by atoms with van der Waals surface area (Å²) in [4.78, 5) is 9.28. The van der Waals surface area contributed by atoms with E-state index in [9.17, 15) is 0 Å². The molecule has 0 amide bonds. The molecule has 0 bridgehead atoms. The molecule has 0 aliphatic carbocycles. The number of aromatic nitrogens is 1. The van der Waals surface area contributed by atoms with Crippen LogP contribution >= 0.6 is 0 Å². The number of nitrogens with zero attached hydrogens (tertiary/aromatic N) is 4.